The lowest BCUT2D eigenvalue weighted by atomic mass is 9.95. The molecule has 8 heteroatoms. The number of halogens is 4. The van der Waals surface area contributed by atoms with Gasteiger partial charge < -0.3 is 14.6 Å². The highest BCUT2D eigenvalue weighted by Crippen LogP contribution is 2.46. The van der Waals surface area contributed by atoms with Crippen molar-refractivity contribution in [3.05, 3.63) is 47.8 Å². The molecule has 28 heavy (non-hydrogen) atoms. The number of carbonyl (C=O) groups is 1. The molecule has 1 saturated carbocycles. The summed E-state index contributed by atoms with van der Waals surface area (Å²) in [6, 6.07) is 7.76. The zero-order valence-corrected chi connectivity index (χ0v) is 14.5. The van der Waals surface area contributed by atoms with Crippen molar-refractivity contribution < 1.29 is 36.9 Å². The topological polar surface area (TPSA) is 55.8 Å². The van der Waals surface area contributed by atoms with E-state index < -0.39 is 23.9 Å². The first-order chi connectivity index (χ1) is 13.2. The van der Waals surface area contributed by atoms with Crippen molar-refractivity contribution in [3.63, 3.8) is 0 Å². The molecule has 0 aromatic heterocycles. The Bertz CT molecular complexity index is 925. The van der Waals surface area contributed by atoms with E-state index >= 15 is 0 Å². The molecule has 1 aliphatic heterocycles. The SMILES string of the molecule is O=C(O)[C@@H]1C[C@H]1[C@H]1CCc2cc(-c3cc(OC(F)(F)F)ccc3F)ccc2O1. The summed E-state index contributed by atoms with van der Waals surface area (Å²) < 4.78 is 61.2. The van der Waals surface area contributed by atoms with Gasteiger partial charge in [0.1, 0.15) is 23.4 Å². The lowest BCUT2D eigenvalue weighted by Gasteiger charge is -2.27. The Hall–Kier alpha value is -2.77. The molecule has 3 atom stereocenters. The summed E-state index contributed by atoms with van der Waals surface area (Å²) in [6.07, 6.45) is -3.16. The molecule has 2 aliphatic rings. The molecule has 1 fully saturated rings. The number of hydrogen-bond acceptors (Lipinski definition) is 3. The van der Waals surface area contributed by atoms with Crippen molar-refractivity contribution in [1.29, 1.82) is 0 Å². The molecule has 0 bridgehead atoms. The zero-order chi connectivity index (χ0) is 20.1. The van der Waals surface area contributed by atoms with Crippen molar-refractivity contribution in [2.75, 3.05) is 0 Å². The number of fused-ring (bicyclic) bond motifs is 1. The second-order valence-corrected chi connectivity index (χ2v) is 7.05. The van der Waals surface area contributed by atoms with Crippen LogP contribution in [0, 0.1) is 17.7 Å². The summed E-state index contributed by atoms with van der Waals surface area (Å²) in [4.78, 5) is 11.0. The molecule has 148 valence electrons. The van der Waals surface area contributed by atoms with E-state index in [1.165, 1.54) is 0 Å². The Kier molecular flexibility index (Phi) is 4.44. The fraction of sp³-hybridized carbons (Fsp3) is 0.350. The van der Waals surface area contributed by atoms with E-state index in [1.54, 1.807) is 18.2 Å². The third-order valence-corrected chi connectivity index (χ3v) is 5.15. The van der Waals surface area contributed by atoms with Crippen LogP contribution in [0.1, 0.15) is 18.4 Å². The largest absolute Gasteiger partial charge is 0.573 e. The quantitative estimate of drug-likeness (QED) is 0.754. The first-order valence-electron chi connectivity index (χ1n) is 8.79. The van der Waals surface area contributed by atoms with Gasteiger partial charge in [0.05, 0.1) is 5.92 Å². The molecule has 4 rings (SSSR count). The summed E-state index contributed by atoms with van der Waals surface area (Å²) in [5.41, 5.74) is 1.23. The molecule has 2 aromatic carbocycles. The first-order valence-corrected chi connectivity index (χ1v) is 8.79. The van der Waals surface area contributed by atoms with Gasteiger partial charge in [-0.25, -0.2) is 4.39 Å². The number of carboxylic acids is 1. The molecule has 0 amide bonds. The van der Waals surface area contributed by atoms with Crippen LogP contribution >= 0.6 is 0 Å². The minimum atomic E-state index is -4.86. The molecule has 2 aromatic rings. The van der Waals surface area contributed by atoms with Gasteiger partial charge in [-0.1, -0.05) is 6.07 Å². The van der Waals surface area contributed by atoms with Crippen LogP contribution < -0.4 is 9.47 Å². The highest BCUT2D eigenvalue weighted by atomic mass is 19.4. The Morgan fingerprint density at radius 2 is 1.96 bits per heavy atom. The molecule has 0 radical (unpaired) electrons. The predicted molar refractivity (Wildman–Crippen MR) is 90.5 cm³/mol. The first kappa shape index (κ1) is 18.6. The van der Waals surface area contributed by atoms with Gasteiger partial charge in [0.15, 0.2) is 0 Å². The monoisotopic (exact) mass is 396 g/mol. The summed E-state index contributed by atoms with van der Waals surface area (Å²) in [7, 11) is 0. The maximum Gasteiger partial charge on any atom is 0.573 e. The Balaban J connectivity index is 1.56. The molecule has 0 saturated heterocycles. The molecule has 1 aliphatic carbocycles. The van der Waals surface area contributed by atoms with Gasteiger partial charge in [-0.2, -0.15) is 0 Å². The molecule has 1 N–H and O–H groups in total. The van der Waals surface area contributed by atoms with E-state index in [0.717, 1.165) is 23.8 Å². The highest BCUT2D eigenvalue weighted by Gasteiger charge is 2.49. The number of alkyl halides is 3. The van der Waals surface area contributed by atoms with E-state index in [-0.39, 0.29) is 23.5 Å². The van der Waals surface area contributed by atoms with Crippen molar-refractivity contribution in [2.24, 2.45) is 11.8 Å². The fourth-order valence-electron chi connectivity index (χ4n) is 3.71. The second-order valence-electron chi connectivity index (χ2n) is 7.05. The number of carboxylic acid groups (broad SMARTS) is 1. The summed E-state index contributed by atoms with van der Waals surface area (Å²) >= 11 is 0. The van der Waals surface area contributed by atoms with E-state index in [1.807, 2.05) is 0 Å². The Morgan fingerprint density at radius 1 is 1.18 bits per heavy atom. The second kappa shape index (κ2) is 6.68. The number of benzene rings is 2. The number of rotatable bonds is 4. The molecule has 1 heterocycles. The van der Waals surface area contributed by atoms with Crippen LogP contribution in [0.4, 0.5) is 17.6 Å². The van der Waals surface area contributed by atoms with Gasteiger partial charge in [0, 0.05) is 11.5 Å². The van der Waals surface area contributed by atoms with Crippen molar-refractivity contribution in [1.82, 2.24) is 0 Å². The van der Waals surface area contributed by atoms with Gasteiger partial charge in [0.25, 0.3) is 0 Å². The normalized spacial score (nSPS) is 23.5. The third kappa shape index (κ3) is 3.76. The molecular weight excluding hydrogens is 380 g/mol. The maximum absolute atomic E-state index is 14.2. The van der Waals surface area contributed by atoms with Crippen LogP contribution in [0.2, 0.25) is 0 Å². The van der Waals surface area contributed by atoms with Crippen LogP contribution in [0.3, 0.4) is 0 Å². The number of aliphatic carboxylic acids is 1. The number of ether oxygens (including phenoxy) is 2. The van der Waals surface area contributed by atoms with Crippen molar-refractivity contribution in [3.8, 4) is 22.6 Å². The standard InChI is InChI=1S/C20H16F4O4/c21-16-4-3-12(28-20(22,23)24)8-13(16)10-1-5-17-11(7-10)2-6-18(27-17)14-9-15(14)19(25)26/h1,3-5,7-8,14-15,18H,2,6,9H2,(H,25,26)/t14-,15-,18-/m1/s1. The van der Waals surface area contributed by atoms with Gasteiger partial charge in [-0.15, -0.1) is 13.2 Å². The van der Waals surface area contributed by atoms with Crippen LogP contribution in [-0.4, -0.2) is 23.5 Å². The predicted octanol–water partition coefficient (Wildman–Crippen LogP) is 4.81. The number of aryl methyl sites for hydroxylation is 1. The zero-order valence-electron chi connectivity index (χ0n) is 14.5. The Morgan fingerprint density at radius 3 is 2.64 bits per heavy atom. The van der Waals surface area contributed by atoms with E-state index in [2.05, 4.69) is 4.74 Å². The average molecular weight is 396 g/mol. The van der Waals surface area contributed by atoms with Crippen LogP contribution in [0.15, 0.2) is 36.4 Å². The minimum absolute atomic E-state index is 0.000178. The smallest absolute Gasteiger partial charge is 0.490 e. The third-order valence-electron chi connectivity index (χ3n) is 5.15. The summed E-state index contributed by atoms with van der Waals surface area (Å²) in [5, 5.41) is 9.06. The number of hydrogen-bond donors (Lipinski definition) is 1. The van der Waals surface area contributed by atoms with Gasteiger partial charge in [-0.05, 0) is 60.7 Å². The summed E-state index contributed by atoms with van der Waals surface area (Å²) in [6.45, 7) is 0. The van der Waals surface area contributed by atoms with Crippen molar-refractivity contribution >= 4 is 5.97 Å². The van der Waals surface area contributed by atoms with Crippen LogP contribution in [0.25, 0.3) is 11.1 Å². The van der Waals surface area contributed by atoms with E-state index in [9.17, 15) is 22.4 Å². The Labute approximate surface area is 157 Å². The summed E-state index contributed by atoms with van der Waals surface area (Å²) in [5.74, 6) is -1.74. The molecule has 0 unspecified atom stereocenters. The highest BCUT2D eigenvalue weighted by molar-refractivity contribution is 5.73. The average Bonchev–Trinajstić information content (AvgIpc) is 3.42. The fourth-order valence-corrected chi connectivity index (χ4v) is 3.71. The lowest BCUT2D eigenvalue weighted by Crippen LogP contribution is -2.26. The molecule has 4 nitrogen and oxygen atoms in total. The van der Waals surface area contributed by atoms with Gasteiger partial charge in [-0.3, -0.25) is 4.79 Å². The maximum atomic E-state index is 14.2. The van der Waals surface area contributed by atoms with Crippen LogP contribution in [-0.2, 0) is 11.2 Å². The van der Waals surface area contributed by atoms with Crippen LogP contribution in [0.5, 0.6) is 11.5 Å². The van der Waals surface area contributed by atoms with E-state index in [0.29, 0.717) is 30.6 Å². The molecule has 0 spiro atoms. The molecular formula is C20H16F4O4. The van der Waals surface area contributed by atoms with Gasteiger partial charge in [0.2, 0.25) is 0 Å². The van der Waals surface area contributed by atoms with E-state index in [4.69, 9.17) is 9.84 Å². The van der Waals surface area contributed by atoms with Gasteiger partial charge >= 0.3 is 12.3 Å². The van der Waals surface area contributed by atoms with Crippen molar-refractivity contribution in [2.45, 2.75) is 31.7 Å². The minimum Gasteiger partial charge on any atom is -0.490 e. The lowest BCUT2D eigenvalue weighted by molar-refractivity contribution is -0.274.